The summed E-state index contributed by atoms with van der Waals surface area (Å²) in [7, 11) is 0. The number of anilines is 1. The number of ether oxygens (including phenoxy) is 1. The van der Waals surface area contributed by atoms with E-state index >= 15 is 0 Å². The van der Waals surface area contributed by atoms with Gasteiger partial charge in [0, 0.05) is 5.69 Å². The molecule has 4 rings (SSSR count). The molecule has 1 aromatic carbocycles. The lowest BCUT2D eigenvalue weighted by Crippen LogP contribution is -2.23. The lowest BCUT2D eigenvalue weighted by molar-refractivity contribution is -0.119. The molecule has 32 heavy (non-hydrogen) atoms. The highest BCUT2D eigenvalue weighted by molar-refractivity contribution is 5.96. The zero-order valence-electron chi connectivity index (χ0n) is 18.2. The van der Waals surface area contributed by atoms with Crippen LogP contribution in [0.2, 0.25) is 0 Å². The maximum Gasteiger partial charge on any atom is 0.338 e. The molecule has 1 aliphatic rings. The molecule has 1 aliphatic carbocycles. The Hall–Kier alpha value is -3.79. The van der Waals surface area contributed by atoms with Gasteiger partial charge in [0.25, 0.3) is 5.91 Å². The average molecular weight is 431 g/mol. The first-order chi connectivity index (χ1) is 15.5. The molecule has 0 unspecified atom stereocenters. The van der Waals surface area contributed by atoms with Gasteiger partial charge in [-0.05, 0) is 80.5 Å². The van der Waals surface area contributed by atoms with E-state index in [9.17, 15) is 14.9 Å². The van der Waals surface area contributed by atoms with Gasteiger partial charge in [-0.1, -0.05) is 6.07 Å². The van der Waals surface area contributed by atoms with Crippen molar-refractivity contribution in [3.8, 4) is 6.07 Å². The number of furan rings is 1. The van der Waals surface area contributed by atoms with Crippen LogP contribution in [0.4, 0.5) is 5.82 Å². The number of rotatable bonds is 6. The minimum atomic E-state index is -0.535. The molecule has 2 aromatic heterocycles. The van der Waals surface area contributed by atoms with E-state index in [1.165, 1.54) is 17.5 Å². The zero-order valence-corrected chi connectivity index (χ0v) is 18.2. The Labute approximate surface area is 186 Å². The molecule has 0 saturated heterocycles. The second-order valence-electron chi connectivity index (χ2n) is 8.03. The standard InChI is InChI=1S/C25H25N3O4/c1-16-17(2)28(14-21-8-5-11-31-21)24(22(16)13-26)27-23(29)15-32-25(30)20-10-9-18-6-3-4-7-19(18)12-20/h5,8-12H,3-4,6-7,14-15H2,1-2H3,(H,27,29). The molecular formula is C25H25N3O4. The third-order valence-electron chi connectivity index (χ3n) is 6.01. The highest BCUT2D eigenvalue weighted by atomic mass is 16.5. The molecule has 0 bridgehead atoms. The summed E-state index contributed by atoms with van der Waals surface area (Å²) in [5, 5.41) is 12.4. The molecule has 3 aromatic rings. The fraction of sp³-hybridized carbons (Fsp3) is 0.320. The molecule has 2 heterocycles. The lowest BCUT2D eigenvalue weighted by atomic mass is 9.90. The van der Waals surface area contributed by atoms with Crippen molar-refractivity contribution in [1.82, 2.24) is 4.57 Å². The van der Waals surface area contributed by atoms with Gasteiger partial charge < -0.3 is 19.0 Å². The first-order valence-corrected chi connectivity index (χ1v) is 10.7. The maximum atomic E-state index is 12.6. The van der Waals surface area contributed by atoms with Crippen molar-refractivity contribution in [2.45, 2.75) is 46.1 Å². The smallest absolute Gasteiger partial charge is 0.338 e. The fourth-order valence-electron chi connectivity index (χ4n) is 4.13. The Morgan fingerprint density at radius 2 is 1.97 bits per heavy atom. The number of hydrogen-bond donors (Lipinski definition) is 1. The van der Waals surface area contributed by atoms with Crippen LogP contribution in [0.5, 0.6) is 0 Å². The van der Waals surface area contributed by atoms with Crippen LogP contribution in [0.3, 0.4) is 0 Å². The van der Waals surface area contributed by atoms with Gasteiger partial charge in [-0.15, -0.1) is 0 Å². The predicted molar refractivity (Wildman–Crippen MR) is 118 cm³/mol. The monoisotopic (exact) mass is 431 g/mol. The Bertz CT molecular complexity index is 1200. The Balaban J connectivity index is 1.45. The number of aromatic nitrogens is 1. The lowest BCUT2D eigenvalue weighted by Gasteiger charge is -2.16. The Kier molecular flexibility index (Phi) is 6.13. The van der Waals surface area contributed by atoms with Gasteiger partial charge in [-0.2, -0.15) is 5.26 Å². The van der Waals surface area contributed by atoms with E-state index in [-0.39, 0.29) is 0 Å². The topological polar surface area (TPSA) is 97.3 Å². The molecule has 0 atom stereocenters. The SMILES string of the molecule is Cc1c(C#N)c(NC(=O)COC(=O)c2ccc3c(c2)CCCC3)n(Cc2ccco2)c1C. The van der Waals surface area contributed by atoms with Crippen LogP contribution in [0.25, 0.3) is 0 Å². The largest absolute Gasteiger partial charge is 0.467 e. The summed E-state index contributed by atoms with van der Waals surface area (Å²) in [5.41, 5.74) is 4.90. The molecule has 164 valence electrons. The van der Waals surface area contributed by atoms with Crippen LogP contribution < -0.4 is 5.32 Å². The molecule has 0 spiro atoms. The summed E-state index contributed by atoms with van der Waals surface area (Å²) >= 11 is 0. The van der Waals surface area contributed by atoms with Crippen molar-refractivity contribution in [2.24, 2.45) is 0 Å². The first-order valence-electron chi connectivity index (χ1n) is 10.7. The number of amides is 1. The maximum absolute atomic E-state index is 12.6. The summed E-state index contributed by atoms with van der Waals surface area (Å²) in [6, 6.07) is 11.3. The van der Waals surface area contributed by atoms with Crippen molar-refractivity contribution >= 4 is 17.7 Å². The van der Waals surface area contributed by atoms with Gasteiger partial charge in [0.1, 0.15) is 17.6 Å². The number of nitriles is 1. The third kappa shape index (κ3) is 4.30. The zero-order chi connectivity index (χ0) is 22.7. The predicted octanol–water partition coefficient (Wildman–Crippen LogP) is 4.29. The highest BCUT2D eigenvalue weighted by Gasteiger charge is 2.21. The molecule has 0 aliphatic heterocycles. The molecule has 7 heteroatoms. The molecule has 0 fully saturated rings. The second kappa shape index (κ2) is 9.15. The molecule has 0 saturated carbocycles. The number of carbonyl (C=O) groups excluding carboxylic acids is 2. The van der Waals surface area contributed by atoms with Crippen molar-refractivity contribution in [3.05, 3.63) is 75.9 Å². The quantitative estimate of drug-likeness (QED) is 0.587. The van der Waals surface area contributed by atoms with E-state index in [4.69, 9.17) is 9.15 Å². The van der Waals surface area contributed by atoms with Crippen LogP contribution in [-0.2, 0) is 28.9 Å². The minimum absolute atomic E-state index is 0.367. The van der Waals surface area contributed by atoms with Gasteiger partial charge in [0.2, 0.25) is 0 Å². The van der Waals surface area contributed by atoms with Crippen LogP contribution in [0.15, 0.2) is 41.0 Å². The van der Waals surface area contributed by atoms with Gasteiger partial charge in [0.15, 0.2) is 6.61 Å². The normalized spacial score (nSPS) is 12.7. The molecule has 7 nitrogen and oxygen atoms in total. The number of fused-ring (bicyclic) bond motifs is 1. The number of benzene rings is 1. The van der Waals surface area contributed by atoms with Crippen molar-refractivity contribution < 1.29 is 18.7 Å². The van der Waals surface area contributed by atoms with Gasteiger partial charge in [-0.25, -0.2) is 4.79 Å². The number of hydrogen-bond acceptors (Lipinski definition) is 5. The Morgan fingerprint density at radius 3 is 2.69 bits per heavy atom. The summed E-state index contributed by atoms with van der Waals surface area (Å²) in [6.07, 6.45) is 5.85. The van der Waals surface area contributed by atoms with Crippen molar-refractivity contribution in [3.63, 3.8) is 0 Å². The van der Waals surface area contributed by atoms with E-state index in [1.807, 2.05) is 36.6 Å². The summed E-state index contributed by atoms with van der Waals surface area (Å²) in [6.45, 7) is 3.64. The van der Waals surface area contributed by atoms with Crippen LogP contribution in [-0.4, -0.2) is 23.1 Å². The summed E-state index contributed by atoms with van der Waals surface area (Å²) < 4.78 is 12.5. The fourth-order valence-corrected chi connectivity index (χ4v) is 4.13. The minimum Gasteiger partial charge on any atom is -0.467 e. The number of nitrogens with one attached hydrogen (secondary N) is 1. The average Bonchev–Trinajstić information content (AvgIpc) is 3.40. The van der Waals surface area contributed by atoms with Gasteiger partial charge >= 0.3 is 5.97 Å². The highest BCUT2D eigenvalue weighted by Crippen LogP contribution is 2.27. The van der Waals surface area contributed by atoms with Crippen LogP contribution in [0.1, 0.15) is 56.9 Å². The van der Waals surface area contributed by atoms with Crippen LogP contribution >= 0.6 is 0 Å². The summed E-state index contributed by atoms with van der Waals surface area (Å²) in [5.74, 6) is 0.0222. The number of nitrogens with zero attached hydrogens (tertiary/aromatic N) is 2. The molecule has 0 radical (unpaired) electrons. The first kappa shape index (κ1) is 21.4. The second-order valence-corrected chi connectivity index (χ2v) is 8.03. The van der Waals surface area contributed by atoms with Crippen molar-refractivity contribution in [2.75, 3.05) is 11.9 Å². The van der Waals surface area contributed by atoms with E-state index in [0.717, 1.165) is 30.5 Å². The van der Waals surface area contributed by atoms with E-state index in [0.29, 0.717) is 29.2 Å². The van der Waals surface area contributed by atoms with E-state index in [2.05, 4.69) is 11.4 Å². The van der Waals surface area contributed by atoms with E-state index < -0.39 is 18.5 Å². The number of aryl methyl sites for hydroxylation is 2. The van der Waals surface area contributed by atoms with Gasteiger partial charge in [-0.3, -0.25) is 4.79 Å². The number of carbonyl (C=O) groups is 2. The third-order valence-corrected chi connectivity index (χ3v) is 6.01. The molecule has 1 N–H and O–H groups in total. The molecular weight excluding hydrogens is 406 g/mol. The van der Waals surface area contributed by atoms with Crippen LogP contribution in [0, 0.1) is 25.2 Å². The van der Waals surface area contributed by atoms with Gasteiger partial charge in [0.05, 0.1) is 23.9 Å². The van der Waals surface area contributed by atoms with Crippen molar-refractivity contribution in [1.29, 1.82) is 5.26 Å². The molecule has 1 amide bonds. The van der Waals surface area contributed by atoms with E-state index in [1.54, 1.807) is 18.4 Å². The Morgan fingerprint density at radius 1 is 1.19 bits per heavy atom. The summed E-state index contributed by atoms with van der Waals surface area (Å²) in [4.78, 5) is 25.1. The number of esters is 1.